The Morgan fingerprint density at radius 3 is 2.80 bits per heavy atom. The van der Waals surface area contributed by atoms with Gasteiger partial charge in [0.1, 0.15) is 5.01 Å². The van der Waals surface area contributed by atoms with Gasteiger partial charge >= 0.3 is 0 Å². The number of carbonyl (C=O) groups is 1. The molecule has 6 heteroatoms. The first kappa shape index (κ1) is 15.7. The van der Waals surface area contributed by atoms with Crippen LogP contribution >= 0.6 is 43.2 Å². The number of nitrogens with one attached hydrogen (secondary N) is 1. The Bertz CT molecular complexity index is 627. The maximum Gasteiger partial charge on any atom is 0.252 e. The van der Waals surface area contributed by atoms with Crippen LogP contribution in [0.5, 0.6) is 0 Å². The van der Waals surface area contributed by atoms with Crippen molar-refractivity contribution in [1.29, 1.82) is 0 Å². The van der Waals surface area contributed by atoms with Gasteiger partial charge in [-0.3, -0.25) is 4.79 Å². The second-order valence-electron chi connectivity index (χ2n) is 4.34. The van der Waals surface area contributed by atoms with Gasteiger partial charge in [-0.2, -0.15) is 0 Å². The fourth-order valence-electron chi connectivity index (χ4n) is 1.70. The maximum atomic E-state index is 12.3. The lowest BCUT2D eigenvalue weighted by molar-refractivity contribution is 0.0939. The largest absolute Gasteiger partial charge is 0.343 e. The molecule has 2 aromatic rings. The Kier molecular flexibility index (Phi) is 5.35. The number of aromatic nitrogens is 1. The van der Waals surface area contributed by atoms with Crippen LogP contribution in [0.3, 0.4) is 0 Å². The third-order valence-electron chi connectivity index (χ3n) is 2.81. The molecule has 1 unspecified atom stereocenters. The standard InChI is InChI=1S/C14H14Br2N2OS/c1-3-10-7-17-14(20-10)8(2)18-13(19)11-5-4-9(15)6-12(11)16/h4-8H,3H2,1-2H3,(H,18,19). The second-order valence-corrected chi connectivity index (χ2v) is 7.25. The van der Waals surface area contributed by atoms with Gasteiger partial charge in [0.2, 0.25) is 0 Å². The first-order valence-electron chi connectivity index (χ1n) is 6.21. The molecule has 2 rings (SSSR count). The molecule has 106 valence electrons. The number of hydrogen-bond acceptors (Lipinski definition) is 3. The van der Waals surface area contributed by atoms with Gasteiger partial charge in [-0.25, -0.2) is 4.98 Å². The van der Waals surface area contributed by atoms with Crippen LogP contribution < -0.4 is 5.32 Å². The highest BCUT2D eigenvalue weighted by molar-refractivity contribution is 9.11. The van der Waals surface area contributed by atoms with Crippen molar-refractivity contribution in [3.8, 4) is 0 Å². The summed E-state index contributed by atoms with van der Waals surface area (Å²) in [5.74, 6) is -0.106. The van der Waals surface area contributed by atoms with Gasteiger partial charge in [0.05, 0.1) is 11.6 Å². The number of thiazole rings is 1. The summed E-state index contributed by atoms with van der Waals surface area (Å²) >= 11 is 8.42. The number of nitrogens with zero attached hydrogens (tertiary/aromatic N) is 1. The van der Waals surface area contributed by atoms with E-state index in [1.807, 2.05) is 25.3 Å². The average Bonchev–Trinajstić information content (AvgIpc) is 2.87. The van der Waals surface area contributed by atoms with Crippen molar-refractivity contribution in [2.24, 2.45) is 0 Å². The molecule has 0 bridgehead atoms. The zero-order valence-electron chi connectivity index (χ0n) is 11.1. The van der Waals surface area contributed by atoms with Gasteiger partial charge < -0.3 is 5.32 Å². The Morgan fingerprint density at radius 1 is 1.45 bits per heavy atom. The predicted molar refractivity (Wildman–Crippen MR) is 89.2 cm³/mol. The quantitative estimate of drug-likeness (QED) is 0.781. The van der Waals surface area contributed by atoms with Crippen LogP contribution in [-0.4, -0.2) is 10.9 Å². The topological polar surface area (TPSA) is 42.0 Å². The van der Waals surface area contributed by atoms with Crippen LogP contribution in [0.4, 0.5) is 0 Å². The number of amides is 1. The smallest absolute Gasteiger partial charge is 0.252 e. The number of hydrogen-bond donors (Lipinski definition) is 1. The van der Waals surface area contributed by atoms with Crippen molar-refractivity contribution in [2.75, 3.05) is 0 Å². The lowest BCUT2D eigenvalue weighted by Gasteiger charge is -2.12. The summed E-state index contributed by atoms with van der Waals surface area (Å²) in [7, 11) is 0. The van der Waals surface area contributed by atoms with Crippen molar-refractivity contribution in [3.63, 3.8) is 0 Å². The molecule has 0 saturated carbocycles. The van der Waals surface area contributed by atoms with E-state index in [-0.39, 0.29) is 11.9 Å². The molecule has 0 saturated heterocycles. The number of benzene rings is 1. The molecule has 1 heterocycles. The number of carbonyl (C=O) groups excluding carboxylic acids is 1. The molecule has 1 aromatic carbocycles. The molecule has 0 radical (unpaired) electrons. The Balaban J connectivity index is 2.10. The predicted octanol–water partition coefficient (Wildman–Crippen LogP) is 4.72. The molecular formula is C14H14Br2N2OS. The monoisotopic (exact) mass is 416 g/mol. The molecule has 0 aliphatic carbocycles. The minimum absolute atomic E-state index is 0.0941. The van der Waals surface area contributed by atoms with E-state index in [1.54, 1.807) is 17.4 Å². The zero-order chi connectivity index (χ0) is 14.7. The summed E-state index contributed by atoms with van der Waals surface area (Å²) in [5, 5.41) is 3.91. The normalized spacial score (nSPS) is 12.2. The summed E-state index contributed by atoms with van der Waals surface area (Å²) in [6.45, 7) is 4.04. The molecular weight excluding hydrogens is 404 g/mol. The Hall–Kier alpha value is -0.720. The second kappa shape index (κ2) is 6.83. The van der Waals surface area contributed by atoms with E-state index in [1.165, 1.54) is 4.88 Å². The lowest BCUT2D eigenvalue weighted by atomic mass is 10.2. The van der Waals surface area contributed by atoms with E-state index in [2.05, 4.69) is 49.1 Å². The van der Waals surface area contributed by atoms with Crippen LogP contribution in [-0.2, 0) is 6.42 Å². The Morgan fingerprint density at radius 2 is 2.20 bits per heavy atom. The minimum atomic E-state index is -0.106. The fourth-order valence-corrected chi connectivity index (χ4v) is 3.78. The van der Waals surface area contributed by atoms with Gasteiger partial charge in [0.15, 0.2) is 0 Å². The molecule has 1 aromatic heterocycles. The van der Waals surface area contributed by atoms with Crippen molar-refractivity contribution in [2.45, 2.75) is 26.3 Å². The summed E-state index contributed by atoms with van der Waals surface area (Å²) < 4.78 is 1.70. The fraction of sp³-hybridized carbons (Fsp3) is 0.286. The highest BCUT2D eigenvalue weighted by Crippen LogP contribution is 2.24. The minimum Gasteiger partial charge on any atom is -0.343 e. The molecule has 0 aliphatic heterocycles. The molecule has 20 heavy (non-hydrogen) atoms. The van der Waals surface area contributed by atoms with Crippen molar-refractivity contribution in [3.05, 3.63) is 48.8 Å². The van der Waals surface area contributed by atoms with Gasteiger partial charge in [-0.15, -0.1) is 11.3 Å². The Labute approximate surface area is 139 Å². The van der Waals surface area contributed by atoms with E-state index in [9.17, 15) is 4.79 Å². The van der Waals surface area contributed by atoms with E-state index in [4.69, 9.17) is 0 Å². The van der Waals surface area contributed by atoms with Crippen molar-refractivity contribution in [1.82, 2.24) is 10.3 Å². The zero-order valence-corrected chi connectivity index (χ0v) is 15.1. The first-order valence-corrected chi connectivity index (χ1v) is 8.62. The number of aryl methyl sites for hydroxylation is 1. The van der Waals surface area contributed by atoms with Gasteiger partial charge in [-0.1, -0.05) is 22.9 Å². The molecule has 1 amide bonds. The molecule has 1 N–H and O–H groups in total. The number of rotatable bonds is 4. The third kappa shape index (κ3) is 3.68. The molecule has 0 spiro atoms. The van der Waals surface area contributed by atoms with Gasteiger partial charge in [0.25, 0.3) is 5.91 Å². The van der Waals surface area contributed by atoms with Crippen molar-refractivity contribution >= 4 is 49.1 Å². The highest BCUT2D eigenvalue weighted by atomic mass is 79.9. The molecule has 0 aliphatic rings. The van der Waals surface area contributed by atoms with Crippen molar-refractivity contribution < 1.29 is 4.79 Å². The third-order valence-corrected chi connectivity index (χ3v) is 5.29. The SMILES string of the molecule is CCc1cnc(C(C)NC(=O)c2ccc(Br)cc2Br)s1. The van der Waals surface area contributed by atoms with Crippen LogP contribution in [0.2, 0.25) is 0 Å². The van der Waals surface area contributed by atoms with E-state index >= 15 is 0 Å². The van der Waals surface area contributed by atoms with Gasteiger partial charge in [-0.05, 0) is 47.5 Å². The average molecular weight is 418 g/mol. The number of halogens is 2. The molecule has 3 nitrogen and oxygen atoms in total. The van der Waals surface area contributed by atoms with Crippen LogP contribution in [0, 0.1) is 0 Å². The van der Waals surface area contributed by atoms with E-state index in [0.717, 1.165) is 20.4 Å². The molecule has 0 fully saturated rings. The first-order chi connectivity index (χ1) is 9.51. The summed E-state index contributed by atoms with van der Waals surface area (Å²) in [5.41, 5.74) is 0.618. The van der Waals surface area contributed by atoms with Gasteiger partial charge in [0, 0.05) is 20.0 Å². The maximum absolute atomic E-state index is 12.3. The van der Waals surface area contributed by atoms with Crippen LogP contribution in [0.1, 0.15) is 40.1 Å². The van der Waals surface area contributed by atoms with E-state index < -0.39 is 0 Å². The van der Waals surface area contributed by atoms with Crippen LogP contribution in [0.15, 0.2) is 33.3 Å². The van der Waals surface area contributed by atoms with Crippen LogP contribution in [0.25, 0.3) is 0 Å². The summed E-state index contributed by atoms with van der Waals surface area (Å²) in [4.78, 5) is 17.8. The summed E-state index contributed by atoms with van der Waals surface area (Å²) in [6, 6.07) is 5.40. The highest BCUT2D eigenvalue weighted by Gasteiger charge is 2.16. The summed E-state index contributed by atoms with van der Waals surface area (Å²) in [6.07, 6.45) is 2.84. The lowest BCUT2D eigenvalue weighted by Crippen LogP contribution is -2.26. The van der Waals surface area contributed by atoms with E-state index in [0.29, 0.717) is 5.56 Å². The molecule has 1 atom stereocenters.